The molecule has 1 N–H and O–H groups in total. The van der Waals surface area contributed by atoms with Gasteiger partial charge in [0.1, 0.15) is 5.82 Å². The van der Waals surface area contributed by atoms with Crippen LogP contribution in [0.4, 0.5) is 10.1 Å². The van der Waals surface area contributed by atoms with Gasteiger partial charge in [0.15, 0.2) is 0 Å². The van der Waals surface area contributed by atoms with Crippen molar-refractivity contribution in [3.8, 4) is 0 Å². The smallest absolute Gasteiger partial charge is 0.235 e. The molecule has 1 fully saturated rings. The van der Waals surface area contributed by atoms with Crippen LogP contribution in [0.25, 0.3) is 0 Å². The van der Waals surface area contributed by atoms with E-state index < -0.39 is 0 Å². The first-order valence-corrected chi connectivity index (χ1v) is 11.1. The van der Waals surface area contributed by atoms with Crippen molar-refractivity contribution in [1.29, 1.82) is 0 Å². The van der Waals surface area contributed by atoms with Crippen molar-refractivity contribution in [3.05, 3.63) is 59.9 Å². The van der Waals surface area contributed by atoms with E-state index in [2.05, 4.69) is 10.2 Å². The molecule has 0 aliphatic carbocycles. The quantitative estimate of drug-likeness (QED) is 0.706. The molecule has 0 bridgehead atoms. The van der Waals surface area contributed by atoms with Crippen LogP contribution < -0.4 is 5.32 Å². The molecule has 1 aliphatic rings. The Morgan fingerprint density at radius 2 is 1.80 bits per heavy atom. The molecular formula is C23H28FN3O2S. The molecule has 0 radical (unpaired) electrons. The van der Waals surface area contributed by atoms with Gasteiger partial charge in [-0.3, -0.25) is 14.5 Å². The number of halogens is 1. The highest BCUT2D eigenvalue weighted by molar-refractivity contribution is 8.00. The Hall–Kier alpha value is -2.38. The molecule has 30 heavy (non-hydrogen) atoms. The molecule has 3 rings (SSSR count). The monoisotopic (exact) mass is 429 g/mol. The van der Waals surface area contributed by atoms with Crippen molar-refractivity contribution >= 4 is 29.3 Å². The fourth-order valence-corrected chi connectivity index (χ4v) is 4.50. The third-order valence-electron chi connectivity index (χ3n) is 5.09. The second-order valence-electron chi connectivity index (χ2n) is 7.51. The minimum absolute atomic E-state index is 0.107. The van der Waals surface area contributed by atoms with E-state index >= 15 is 0 Å². The number of nitrogens with zero attached hydrogens (tertiary/aromatic N) is 2. The van der Waals surface area contributed by atoms with Gasteiger partial charge in [0.05, 0.1) is 5.25 Å². The molecule has 1 aliphatic heterocycles. The number of hydrogen-bond acceptors (Lipinski definition) is 4. The molecule has 7 heteroatoms. The summed E-state index contributed by atoms with van der Waals surface area (Å²) in [5, 5.41) is 2.54. The first kappa shape index (κ1) is 22.3. The first-order valence-electron chi connectivity index (χ1n) is 10.2. The van der Waals surface area contributed by atoms with Gasteiger partial charge in [-0.1, -0.05) is 18.2 Å². The highest BCUT2D eigenvalue weighted by atomic mass is 32.2. The zero-order valence-corrected chi connectivity index (χ0v) is 18.3. The summed E-state index contributed by atoms with van der Waals surface area (Å²) in [6, 6.07) is 14.4. The molecule has 1 unspecified atom stereocenters. The average molecular weight is 430 g/mol. The molecule has 1 atom stereocenters. The summed E-state index contributed by atoms with van der Waals surface area (Å²) < 4.78 is 13.9. The Morgan fingerprint density at radius 1 is 1.07 bits per heavy atom. The number of rotatable bonds is 6. The number of nitrogens with one attached hydrogen (secondary N) is 1. The standard InChI is InChI=1S/C23H28FN3O2S/c1-17(30-21-10-8-20(9-11-21)25-18(2)28)23(29)27-13-5-12-26(14-15-27)16-19-6-3-4-7-22(19)24/h3-4,6-11,17H,5,12-16H2,1-2H3,(H,25,28). The molecule has 2 amide bonds. The maximum absolute atomic E-state index is 13.9. The lowest BCUT2D eigenvalue weighted by Crippen LogP contribution is -2.39. The number of hydrogen-bond donors (Lipinski definition) is 1. The molecule has 2 aromatic carbocycles. The maximum atomic E-state index is 13.9. The summed E-state index contributed by atoms with van der Waals surface area (Å²) in [6.07, 6.45) is 0.878. The van der Waals surface area contributed by atoms with E-state index in [-0.39, 0.29) is 22.9 Å². The van der Waals surface area contributed by atoms with E-state index in [0.29, 0.717) is 18.7 Å². The zero-order chi connectivity index (χ0) is 21.5. The summed E-state index contributed by atoms with van der Waals surface area (Å²) in [4.78, 5) is 29.2. The average Bonchev–Trinajstić information content (AvgIpc) is 2.96. The molecule has 5 nitrogen and oxygen atoms in total. The lowest BCUT2D eigenvalue weighted by molar-refractivity contribution is -0.130. The minimum Gasteiger partial charge on any atom is -0.340 e. The molecule has 0 saturated carbocycles. The van der Waals surface area contributed by atoms with E-state index in [9.17, 15) is 14.0 Å². The molecule has 0 aromatic heterocycles. The van der Waals surface area contributed by atoms with Gasteiger partial charge >= 0.3 is 0 Å². The van der Waals surface area contributed by atoms with Crippen molar-refractivity contribution in [2.45, 2.75) is 37.0 Å². The first-order chi connectivity index (χ1) is 14.4. The summed E-state index contributed by atoms with van der Waals surface area (Å²) in [6.45, 7) is 6.93. The summed E-state index contributed by atoms with van der Waals surface area (Å²) >= 11 is 1.52. The van der Waals surface area contributed by atoms with Crippen molar-refractivity contribution in [1.82, 2.24) is 9.80 Å². The van der Waals surface area contributed by atoms with Crippen LogP contribution in [-0.4, -0.2) is 53.0 Å². The maximum Gasteiger partial charge on any atom is 0.235 e. The predicted molar refractivity (Wildman–Crippen MR) is 119 cm³/mol. The fraction of sp³-hybridized carbons (Fsp3) is 0.391. The summed E-state index contributed by atoms with van der Waals surface area (Å²) in [5.74, 6) is -0.160. The van der Waals surface area contributed by atoms with E-state index in [1.807, 2.05) is 48.2 Å². The fourth-order valence-electron chi connectivity index (χ4n) is 3.55. The van der Waals surface area contributed by atoms with Gasteiger partial charge in [-0.05, 0) is 43.7 Å². The second kappa shape index (κ2) is 10.6. The molecule has 2 aromatic rings. The lowest BCUT2D eigenvalue weighted by Gasteiger charge is -2.24. The third kappa shape index (κ3) is 6.31. The number of thioether (sulfide) groups is 1. The number of carbonyl (C=O) groups excluding carboxylic acids is 2. The van der Waals surface area contributed by atoms with Crippen LogP contribution in [-0.2, 0) is 16.1 Å². The lowest BCUT2D eigenvalue weighted by atomic mass is 10.2. The van der Waals surface area contributed by atoms with E-state index in [1.54, 1.807) is 6.07 Å². The Bertz CT molecular complexity index is 875. The third-order valence-corrected chi connectivity index (χ3v) is 6.19. The largest absolute Gasteiger partial charge is 0.340 e. The Labute approximate surface area is 181 Å². The van der Waals surface area contributed by atoms with Gasteiger partial charge in [-0.25, -0.2) is 4.39 Å². The topological polar surface area (TPSA) is 52.7 Å². The Morgan fingerprint density at radius 3 is 2.50 bits per heavy atom. The van der Waals surface area contributed by atoms with E-state index in [4.69, 9.17) is 0 Å². The van der Waals surface area contributed by atoms with Crippen LogP contribution in [0.3, 0.4) is 0 Å². The van der Waals surface area contributed by atoms with Crippen LogP contribution in [0.5, 0.6) is 0 Å². The van der Waals surface area contributed by atoms with E-state index in [0.717, 1.165) is 36.6 Å². The number of amides is 2. The Balaban J connectivity index is 1.52. The van der Waals surface area contributed by atoms with Crippen LogP contribution in [0.1, 0.15) is 25.8 Å². The van der Waals surface area contributed by atoms with Gasteiger partial charge in [-0.2, -0.15) is 0 Å². The molecule has 1 heterocycles. The SMILES string of the molecule is CC(=O)Nc1ccc(SC(C)C(=O)N2CCCN(Cc3ccccc3F)CC2)cc1. The van der Waals surface area contributed by atoms with Crippen molar-refractivity contribution in [2.24, 2.45) is 0 Å². The zero-order valence-electron chi connectivity index (χ0n) is 17.4. The van der Waals surface area contributed by atoms with Gasteiger partial charge in [0.25, 0.3) is 0 Å². The Kier molecular flexibility index (Phi) is 7.87. The van der Waals surface area contributed by atoms with Crippen LogP contribution >= 0.6 is 11.8 Å². The molecule has 0 spiro atoms. The van der Waals surface area contributed by atoms with Crippen LogP contribution in [0, 0.1) is 5.82 Å². The highest BCUT2D eigenvalue weighted by Gasteiger charge is 2.24. The summed E-state index contributed by atoms with van der Waals surface area (Å²) in [5.41, 5.74) is 1.44. The highest BCUT2D eigenvalue weighted by Crippen LogP contribution is 2.26. The van der Waals surface area contributed by atoms with E-state index in [1.165, 1.54) is 24.8 Å². The molecule has 160 valence electrons. The van der Waals surface area contributed by atoms with Crippen LogP contribution in [0.15, 0.2) is 53.4 Å². The van der Waals surface area contributed by atoms with Gasteiger partial charge < -0.3 is 10.2 Å². The van der Waals surface area contributed by atoms with Gasteiger partial charge in [0.2, 0.25) is 11.8 Å². The number of carbonyl (C=O) groups is 2. The van der Waals surface area contributed by atoms with Crippen LogP contribution in [0.2, 0.25) is 0 Å². The minimum atomic E-state index is -0.199. The van der Waals surface area contributed by atoms with Crippen molar-refractivity contribution < 1.29 is 14.0 Å². The number of anilines is 1. The second-order valence-corrected chi connectivity index (χ2v) is 8.93. The van der Waals surface area contributed by atoms with Crippen molar-refractivity contribution in [2.75, 3.05) is 31.5 Å². The van der Waals surface area contributed by atoms with Gasteiger partial charge in [0, 0.05) is 55.8 Å². The molecule has 1 saturated heterocycles. The summed E-state index contributed by atoms with van der Waals surface area (Å²) in [7, 11) is 0. The van der Waals surface area contributed by atoms with Gasteiger partial charge in [-0.15, -0.1) is 11.8 Å². The normalized spacial score (nSPS) is 16.0. The number of benzene rings is 2. The molecular weight excluding hydrogens is 401 g/mol. The van der Waals surface area contributed by atoms with Crippen molar-refractivity contribution in [3.63, 3.8) is 0 Å². The predicted octanol–water partition coefficient (Wildman–Crippen LogP) is 4.00.